The lowest BCUT2D eigenvalue weighted by molar-refractivity contribution is 0.395. The topological polar surface area (TPSA) is 44.2 Å². The predicted octanol–water partition coefficient (Wildman–Crippen LogP) is 5.57. The minimum atomic E-state index is 0.741. The second kappa shape index (κ2) is 8.42. The highest BCUT2D eigenvalue weighted by Crippen LogP contribution is 2.36. The van der Waals surface area contributed by atoms with E-state index >= 15 is 0 Å². The van der Waals surface area contributed by atoms with Gasteiger partial charge in [0.05, 0.1) is 37.0 Å². The maximum absolute atomic E-state index is 5.62. The van der Waals surface area contributed by atoms with Gasteiger partial charge in [-0.05, 0) is 50.5 Å². The summed E-state index contributed by atoms with van der Waals surface area (Å²) in [6, 6.07) is 12.3. The van der Waals surface area contributed by atoms with Crippen molar-refractivity contribution < 1.29 is 9.47 Å². The lowest BCUT2D eigenvalue weighted by Crippen LogP contribution is -2.06. The van der Waals surface area contributed by atoms with E-state index in [1.165, 1.54) is 11.1 Å². The molecule has 4 heteroatoms. The number of rotatable bonds is 6. The van der Waals surface area contributed by atoms with Crippen LogP contribution in [0, 0.1) is 13.8 Å². The van der Waals surface area contributed by atoms with Gasteiger partial charge in [-0.15, -0.1) is 0 Å². The Morgan fingerprint density at radius 1 is 0.750 bits per heavy atom. The van der Waals surface area contributed by atoms with Crippen molar-refractivity contribution in [2.45, 2.75) is 40.5 Å². The molecule has 0 saturated carbocycles. The zero-order chi connectivity index (χ0) is 20.3. The van der Waals surface area contributed by atoms with Gasteiger partial charge in [-0.25, -0.2) is 9.97 Å². The van der Waals surface area contributed by atoms with Crippen LogP contribution in [0.25, 0.3) is 22.5 Å². The van der Waals surface area contributed by atoms with Crippen molar-refractivity contribution in [2.24, 2.45) is 0 Å². The third-order valence-corrected chi connectivity index (χ3v) is 5.02. The van der Waals surface area contributed by atoms with Gasteiger partial charge in [-0.2, -0.15) is 0 Å². The molecule has 0 aliphatic rings. The zero-order valence-corrected chi connectivity index (χ0v) is 17.6. The summed E-state index contributed by atoms with van der Waals surface area (Å²) in [5.74, 6) is 1.50. The van der Waals surface area contributed by atoms with Crippen molar-refractivity contribution in [1.29, 1.82) is 0 Å². The van der Waals surface area contributed by atoms with Crippen LogP contribution in [0.2, 0.25) is 0 Å². The summed E-state index contributed by atoms with van der Waals surface area (Å²) in [4.78, 5) is 10.1. The van der Waals surface area contributed by atoms with E-state index in [1.54, 1.807) is 14.2 Å². The molecule has 0 radical (unpaired) electrons. The van der Waals surface area contributed by atoms with E-state index in [-0.39, 0.29) is 0 Å². The highest BCUT2D eigenvalue weighted by atomic mass is 16.5. The van der Waals surface area contributed by atoms with Crippen LogP contribution >= 0.6 is 0 Å². The highest BCUT2D eigenvalue weighted by Gasteiger charge is 2.19. The SMILES string of the molecule is CCc1nc(-c2ccc(OC)cc2OC)c(CC)nc1-c1cc(C)ccc1C. The molecule has 3 aromatic rings. The number of aromatic nitrogens is 2. The van der Waals surface area contributed by atoms with Crippen LogP contribution in [0.15, 0.2) is 36.4 Å². The molecule has 0 aliphatic heterocycles. The van der Waals surface area contributed by atoms with E-state index in [2.05, 4.69) is 45.9 Å². The third kappa shape index (κ3) is 3.72. The van der Waals surface area contributed by atoms with Crippen LogP contribution in [0.3, 0.4) is 0 Å². The van der Waals surface area contributed by atoms with Crippen molar-refractivity contribution in [2.75, 3.05) is 14.2 Å². The number of aryl methyl sites for hydroxylation is 4. The first-order valence-corrected chi connectivity index (χ1v) is 9.72. The molecule has 0 atom stereocenters. The number of hydrogen-bond donors (Lipinski definition) is 0. The maximum Gasteiger partial charge on any atom is 0.132 e. The number of methoxy groups -OCH3 is 2. The monoisotopic (exact) mass is 376 g/mol. The quantitative estimate of drug-likeness (QED) is 0.564. The molecule has 0 saturated heterocycles. The van der Waals surface area contributed by atoms with E-state index in [9.17, 15) is 0 Å². The minimum Gasteiger partial charge on any atom is -0.497 e. The van der Waals surface area contributed by atoms with Gasteiger partial charge in [0.2, 0.25) is 0 Å². The molecule has 0 aliphatic carbocycles. The molecule has 3 rings (SSSR count). The molecule has 0 bridgehead atoms. The highest BCUT2D eigenvalue weighted by molar-refractivity contribution is 5.74. The van der Waals surface area contributed by atoms with Crippen LogP contribution in [-0.4, -0.2) is 24.2 Å². The van der Waals surface area contributed by atoms with Crippen molar-refractivity contribution in [3.05, 3.63) is 58.9 Å². The summed E-state index contributed by atoms with van der Waals surface area (Å²) in [5.41, 5.74) is 8.37. The Balaban J connectivity index is 2.24. The van der Waals surface area contributed by atoms with Crippen LogP contribution in [-0.2, 0) is 12.8 Å². The van der Waals surface area contributed by atoms with Crippen LogP contribution < -0.4 is 9.47 Å². The summed E-state index contributed by atoms with van der Waals surface area (Å²) in [6.45, 7) is 8.47. The Kier molecular flexibility index (Phi) is 5.98. The average Bonchev–Trinajstić information content (AvgIpc) is 2.73. The van der Waals surface area contributed by atoms with Crippen molar-refractivity contribution in [3.8, 4) is 34.0 Å². The molecule has 0 unspecified atom stereocenters. The van der Waals surface area contributed by atoms with Gasteiger partial charge in [0, 0.05) is 17.2 Å². The van der Waals surface area contributed by atoms with Crippen molar-refractivity contribution in [3.63, 3.8) is 0 Å². The summed E-state index contributed by atoms with van der Waals surface area (Å²) < 4.78 is 11.0. The fourth-order valence-corrected chi connectivity index (χ4v) is 3.41. The number of hydrogen-bond acceptors (Lipinski definition) is 4. The molecule has 2 aromatic carbocycles. The van der Waals surface area contributed by atoms with Gasteiger partial charge < -0.3 is 9.47 Å². The van der Waals surface area contributed by atoms with Crippen LogP contribution in [0.1, 0.15) is 36.4 Å². The normalized spacial score (nSPS) is 10.8. The molecular weight excluding hydrogens is 348 g/mol. The number of nitrogens with zero attached hydrogens (tertiary/aromatic N) is 2. The predicted molar refractivity (Wildman–Crippen MR) is 114 cm³/mol. The number of benzene rings is 2. The first-order chi connectivity index (χ1) is 13.5. The first kappa shape index (κ1) is 19.9. The van der Waals surface area contributed by atoms with Gasteiger partial charge in [-0.1, -0.05) is 31.5 Å². The molecule has 1 aromatic heterocycles. The second-order valence-electron chi connectivity index (χ2n) is 6.91. The summed E-state index contributed by atoms with van der Waals surface area (Å²) in [6.07, 6.45) is 1.60. The Morgan fingerprint density at radius 2 is 1.39 bits per heavy atom. The Morgan fingerprint density at radius 3 is 1.96 bits per heavy atom. The lowest BCUT2D eigenvalue weighted by atomic mass is 9.99. The standard InChI is InChI=1S/C24H28N2O2/c1-7-20-23(18-12-11-17(27-5)14-22(18)28-6)25-21(8-2)24(26-20)19-13-15(3)9-10-16(19)4/h9-14H,7-8H2,1-6H3. The van der Waals surface area contributed by atoms with Gasteiger partial charge in [0.15, 0.2) is 0 Å². The van der Waals surface area contributed by atoms with Gasteiger partial charge in [0.25, 0.3) is 0 Å². The van der Waals surface area contributed by atoms with Gasteiger partial charge in [0.1, 0.15) is 11.5 Å². The van der Waals surface area contributed by atoms with Crippen molar-refractivity contribution in [1.82, 2.24) is 9.97 Å². The van der Waals surface area contributed by atoms with E-state index < -0.39 is 0 Å². The Hall–Kier alpha value is -2.88. The van der Waals surface area contributed by atoms with E-state index in [1.807, 2.05) is 18.2 Å². The fourth-order valence-electron chi connectivity index (χ4n) is 3.41. The average molecular weight is 377 g/mol. The van der Waals surface area contributed by atoms with Crippen LogP contribution in [0.4, 0.5) is 0 Å². The van der Waals surface area contributed by atoms with Crippen LogP contribution in [0.5, 0.6) is 11.5 Å². The molecule has 0 N–H and O–H groups in total. The molecule has 28 heavy (non-hydrogen) atoms. The third-order valence-electron chi connectivity index (χ3n) is 5.02. The van der Waals surface area contributed by atoms with E-state index in [4.69, 9.17) is 19.4 Å². The van der Waals surface area contributed by atoms with E-state index in [0.29, 0.717) is 0 Å². The molecular formula is C24H28N2O2. The molecule has 4 nitrogen and oxygen atoms in total. The Bertz CT molecular complexity index is 996. The summed E-state index contributed by atoms with van der Waals surface area (Å²) in [5, 5.41) is 0. The van der Waals surface area contributed by atoms with Gasteiger partial charge >= 0.3 is 0 Å². The fraction of sp³-hybridized carbons (Fsp3) is 0.333. The Labute approximate surface area is 167 Å². The zero-order valence-electron chi connectivity index (χ0n) is 17.6. The molecule has 0 spiro atoms. The molecule has 0 amide bonds. The molecule has 146 valence electrons. The minimum absolute atomic E-state index is 0.741. The smallest absolute Gasteiger partial charge is 0.132 e. The lowest BCUT2D eigenvalue weighted by Gasteiger charge is -2.17. The second-order valence-corrected chi connectivity index (χ2v) is 6.91. The van der Waals surface area contributed by atoms with Gasteiger partial charge in [-0.3, -0.25) is 0 Å². The van der Waals surface area contributed by atoms with E-state index in [0.717, 1.165) is 58.2 Å². The summed E-state index contributed by atoms with van der Waals surface area (Å²) in [7, 11) is 3.32. The molecule has 1 heterocycles. The first-order valence-electron chi connectivity index (χ1n) is 9.72. The summed E-state index contributed by atoms with van der Waals surface area (Å²) >= 11 is 0. The largest absolute Gasteiger partial charge is 0.497 e. The van der Waals surface area contributed by atoms with Crippen molar-refractivity contribution >= 4 is 0 Å². The maximum atomic E-state index is 5.62. The number of ether oxygens (including phenoxy) is 2. The molecule has 0 fully saturated rings.